The van der Waals surface area contributed by atoms with E-state index in [1.54, 1.807) is 19.5 Å². The minimum Gasteiger partial charge on any atom is -0.496 e. The maximum absolute atomic E-state index is 5.87. The summed E-state index contributed by atoms with van der Waals surface area (Å²) in [6.07, 6.45) is 6.11. The second kappa shape index (κ2) is 10.9. The summed E-state index contributed by atoms with van der Waals surface area (Å²) in [6, 6.07) is 21.0. The van der Waals surface area contributed by atoms with Gasteiger partial charge >= 0.3 is 0 Å². The highest BCUT2D eigenvalue weighted by molar-refractivity contribution is 5.36. The van der Waals surface area contributed by atoms with Crippen molar-refractivity contribution in [1.82, 2.24) is 15.2 Å². The zero-order valence-corrected chi connectivity index (χ0v) is 18.2. The summed E-state index contributed by atoms with van der Waals surface area (Å²) in [6.45, 7) is 4.56. The number of nitrogens with one attached hydrogen (secondary N) is 1. The van der Waals surface area contributed by atoms with Crippen molar-refractivity contribution >= 4 is 0 Å². The average molecular weight is 418 g/mol. The van der Waals surface area contributed by atoms with E-state index in [2.05, 4.69) is 45.5 Å². The van der Waals surface area contributed by atoms with E-state index in [1.165, 1.54) is 24.0 Å². The number of benzene rings is 2. The van der Waals surface area contributed by atoms with Gasteiger partial charge in [-0.05, 0) is 67.4 Å². The van der Waals surface area contributed by atoms with Crippen LogP contribution in [-0.2, 0) is 13.2 Å². The Morgan fingerprint density at radius 1 is 0.935 bits per heavy atom. The number of hydrogen-bond acceptors (Lipinski definition) is 5. The van der Waals surface area contributed by atoms with Crippen molar-refractivity contribution in [3.63, 3.8) is 0 Å². The van der Waals surface area contributed by atoms with Gasteiger partial charge in [0, 0.05) is 31.0 Å². The van der Waals surface area contributed by atoms with Gasteiger partial charge in [-0.15, -0.1) is 0 Å². The van der Waals surface area contributed by atoms with Gasteiger partial charge in [0.15, 0.2) is 0 Å². The number of pyridine rings is 1. The van der Waals surface area contributed by atoms with Crippen LogP contribution in [0.2, 0.25) is 0 Å². The lowest BCUT2D eigenvalue weighted by atomic mass is 10.0. The highest BCUT2D eigenvalue weighted by atomic mass is 16.5. The lowest BCUT2D eigenvalue weighted by Gasteiger charge is -2.29. The van der Waals surface area contributed by atoms with E-state index < -0.39 is 0 Å². The molecule has 162 valence electrons. The molecule has 1 aliphatic heterocycles. The Bertz CT molecular complexity index is 925. The number of aromatic nitrogens is 1. The van der Waals surface area contributed by atoms with Gasteiger partial charge < -0.3 is 14.8 Å². The summed E-state index contributed by atoms with van der Waals surface area (Å²) in [5.74, 6) is 1.85. The Balaban J connectivity index is 1.33. The third-order valence-corrected chi connectivity index (χ3v) is 5.82. The zero-order valence-electron chi connectivity index (χ0n) is 18.2. The van der Waals surface area contributed by atoms with E-state index in [9.17, 15) is 0 Å². The van der Waals surface area contributed by atoms with E-state index in [0.29, 0.717) is 12.6 Å². The van der Waals surface area contributed by atoms with Crippen molar-refractivity contribution in [2.45, 2.75) is 32.0 Å². The number of rotatable bonds is 10. The van der Waals surface area contributed by atoms with Crippen LogP contribution in [0.25, 0.3) is 0 Å². The predicted molar refractivity (Wildman–Crippen MR) is 123 cm³/mol. The van der Waals surface area contributed by atoms with Crippen LogP contribution in [0.4, 0.5) is 0 Å². The molecule has 0 saturated carbocycles. The Morgan fingerprint density at radius 3 is 2.42 bits per heavy atom. The highest BCUT2D eigenvalue weighted by Gasteiger charge is 2.25. The van der Waals surface area contributed by atoms with Crippen molar-refractivity contribution in [3.8, 4) is 11.5 Å². The molecule has 2 aromatic carbocycles. The molecule has 4 rings (SSSR count). The van der Waals surface area contributed by atoms with Crippen LogP contribution in [0.15, 0.2) is 73.1 Å². The molecular formula is C26H31N3O2. The standard InChI is InChI=1S/C26H31N3O2/c1-30-26-7-3-2-6-24(26)25(29-16-4-5-17-29)19-28-18-21-8-10-23(11-9-21)31-20-22-12-14-27-15-13-22/h2-3,6-15,25,28H,4-5,16-20H2,1H3/t25-/m1/s1. The molecule has 1 fully saturated rings. The summed E-state index contributed by atoms with van der Waals surface area (Å²) < 4.78 is 11.5. The number of methoxy groups -OCH3 is 1. The Morgan fingerprint density at radius 2 is 1.68 bits per heavy atom. The summed E-state index contributed by atoms with van der Waals surface area (Å²) in [4.78, 5) is 6.60. The molecule has 3 aromatic rings. The molecule has 1 aliphatic rings. The molecule has 0 spiro atoms. The summed E-state index contributed by atoms with van der Waals surface area (Å²) in [5.41, 5.74) is 3.63. The second-order valence-corrected chi connectivity index (χ2v) is 7.92. The monoisotopic (exact) mass is 417 g/mol. The van der Waals surface area contributed by atoms with E-state index in [0.717, 1.165) is 43.2 Å². The molecule has 0 radical (unpaired) electrons. The van der Waals surface area contributed by atoms with E-state index >= 15 is 0 Å². The second-order valence-electron chi connectivity index (χ2n) is 7.92. The van der Waals surface area contributed by atoms with Crippen LogP contribution in [0, 0.1) is 0 Å². The average Bonchev–Trinajstić information content (AvgIpc) is 3.37. The molecule has 0 aliphatic carbocycles. The van der Waals surface area contributed by atoms with Crippen LogP contribution in [-0.4, -0.2) is 36.6 Å². The first kappa shape index (κ1) is 21.3. The van der Waals surface area contributed by atoms with E-state index in [1.807, 2.05) is 30.3 Å². The lowest BCUT2D eigenvalue weighted by Crippen LogP contribution is -2.34. The third kappa shape index (κ3) is 5.84. The first-order valence-corrected chi connectivity index (χ1v) is 11.0. The van der Waals surface area contributed by atoms with Gasteiger partial charge in [-0.1, -0.05) is 30.3 Å². The number of para-hydroxylation sites is 1. The van der Waals surface area contributed by atoms with Crippen molar-refractivity contribution < 1.29 is 9.47 Å². The predicted octanol–water partition coefficient (Wildman–Crippen LogP) is 4.60. The van der Waals surface area contributed by atoms with Crippen LogP contribution >= 0.6 is 0 Å². The van der Waals surface area contributed by atoms with Crippen LogP contribution < -0.4 is 14.8 Å². The normalized spacial score (nSPS) is 15.0. The number of nitrogens with zero attached hydrogens (tertiary/aromatic N) is 2. The molecular weight excluding hydrogens is 386 g/mol. The summed E-state index contributed by atoms with van der Waals surface area (Å²) in [5, 5.41) is 3.66. The van der Waals surface area contributed by atoms with Crippen molar-refractivity contribution in [1.29, 1.82) is 0 Å². The van der Waals surface area contributed by atoms with Gasteiger partial charge in [0.1, 0.15) is 18.1 Å². The fraction of sp³-hybridized carbons (Fsp3) is 0.346. The van der Waals surface area contributed by atoms with Crippen LogP contribution in [0.3, 0.4) is 0 Å². The zero-order chi connectivity index (χ0) is 21.3. The Kier molecular flexibility index (Phi) is 7.53. The quantitative estimate of drug-likeness (QED) is 0.523. The Labute approximate surface area is 185 Å². The van der Waals surface area contributed by atoms with Gasteiger partial charge in [0.05, 0.1) is 13.2 Å². The molecule has 1 saturated heterocycles. The first-order valence-electron chi connectivity index (χ1n) is 11.0. The molecule has 5 nitrogen and oxygen atoms in total. The van der Waals surface area contributed by atoms with Crippen molar-refractivity contribution in [2.75, 3.05) is 26.7 Å². The van der Waals surface area contributed by atoms with Crippen LogP contribution in [0.5, 0.6) is 11.5 Å². The molecule has 1 N–H and O–H groups in total. The molecule has 5 heteroatoms. The topological polar surface area (TPSA) is 46.6 Å². The van der Waals surface area contributed by atoms with Crippen LogP contribution in [0.1, 0.15) is 35.6 Å². The summed E-state index contributed by atoms with van der Waals surface area (Å²) in [7, 11) is 1.76. The van der Waals surface area contributed by atoms with Gasteiger partial charge in [-0.2, -0.15) is 0 Å². The van der Waals surface area contributed by atoms with E-state index in [-0.39, 0.29) is 0 Å². The first-order chi connectivity index (χ1) is 15.3. The fourth-order valence-electron chi connectivity index (χ4n) is 4.13. The Hall–Kier alpha value is -2.89. The molecule has 2 heterocycles. The molecule has 1 atom stereocenters. The largest absolute Gasteiger partial charge is 0.496 e. The minimum atomic E-state index is 0.321. The van der Waals surface area contributed by atoms with Crippen molar-refractivity contribution in [2.24, 2.45) is 0 Å². The fourth-order valence-corrected chi connectivity index (χ4v) is 4.13. The molecule has 0 unspecified atom stereocenters. The third-order valence-electron chi connectivity index (χ3n) is 5.82. The van der Waals surface area contributed by atoms with Gasteiger partial charge in [-0.3, -0.25) is 9.88 Å². The van der Waals surface area contributed by atoms with Gasteiger partial charge in [-0.25, -0.2) is 0 Å². The van der Waals surface area contributed by atoms with E-state index in [4.69, 9.17) is 9.47 Å². The maximum Gasteiger partial charge on any atom is 0.123 e. The molecule has 0 bridgehead atoms. The number of likely N-dealkylation sites (tertiary alicyclic amines) is 1. The lowest BCUT2D eigenvalue weighted by molar-refractivity contribution is 0.232. The summed E-state index contributed by atoms with van der Waals surface area (Å²) >= 11 is 0. The number of ether oxygens (including phenoxy) is 2. The van der Waals surface area contributed by atoms with Gasteiger partial charge in [0.25, 0.3) is 0 Å². The number of hydrogen-bond donors (Lipinski definition) is 1. The molecule has 0 amide bonds. The molecule has 31 heavy (non-hydrogen) atoms. The SMILES string of the molecule is COc1ccccc1[C@@H](CNCc1ccc(OCc2ccncc2)cc1)N1CCCC1. The smallest absolute Gasteiger partial charge is 0.123 e. The van der Waals surface area contributed by atoms with Crippen molar-refractivity contribution in [3.05, 3.63) is 89.7 Å². The molecule has 1 aromatic heterocycles. The highest BCUT2D eigenvalue weighted by Crippen LogP contribution is 2.31. The maximum atomic E-state index is 5.87. The van der Waals surface area contributed by atoms with Gasteiger partial charge in [0.2, 0.25) is 0 Å². The minimum absolute atomic E-state index is 0.321.